The fourth-order valence-electron chi connectivity index (χ4n) is 2.90. The van der Waals surface area contributed by atoms with Crippen LogP contribution in [0.5, 0.6) is 0 Å². The lowest BCUT2D eigenvalue weighted by molar-refractivity contribution is 0.663. The summed E-state index contributed by atoms with van der Waals surface area (Å²) in [6, 6.07) is 9.47. The molecule has 0 unspecified atom stereocenters. The number of aromatic nitrogens is 3. The van der Waals surface area contributed by atoms with Crippen LogP contribution >= 0.6 is 35.0 Å². The van der Waals surface area contributed by atoms with E-state index in [1.807, 2.05) is 24.3 Å². The highest BCUT2D eigenvalue weighted by Gasteiger charge is 2.21. The van der Waals surface area contributed by atoms with Gasteiger partial charge < -0.3 is 4.57 Å². The first-order valence-corrected chi connectivity index (χ1v) is 10.7. The van der Waals surface area contributed by atoms with Gasteiger partial charge in [-0.2, -0.15) is 0 Å². The Labute approximate surface area is 183 Å². The highest BCUT2D eigenvalue weighted by atomic mass is 35.5. The van der Waals surface area contributed by atoms with Crippen molar-refractivity contribution < 1.29 is 0 Å². The minimum absolute atomic E-state index is 0.226. The molecule has 0 aliphatic carbocycles. The molecule has 6 nitrogen and oxygen atoms in total. The van der Waals surface area contributed by atoms with Crippen molar-refractivity contribution in [2.24, 2.45) is 5.11 Å². The molecule has 0 atom stereocenters. The standard InChI is InChI=1S/C20H20Cl2N6S/c1-13(2)19-20(29-17-10-15(21)9-16(22)11-17)28(12-14-3-6-24-7-4-14)18(26-19)5-8-25-27-23/h3-4,6-7,9-11,13H,5,8,12H2,1-2H3. The van der Waals surface area contributed by atoms with Crippen LogP contribution < -0.4 is 0 Å². The summed E-state index contributed by atoms with van der Waals surface area (Å²) < 4.78 is 2.18. The molecule has 0 radical (unpaired) electrons. The fourth-order valence-corrected chi connectivity index (χ4v) is 4.82. The average molecular weight is 447 g/mol. The highest BCUT2D eigenvalue weighted by molar-refractivity contribution is 7.99. The van der Waals surface area contributed by atoms with Crippen molar-refractivity contribution in [3.63, 3.8) is 0 Å². The van der Waals surface area contributed by atoms with E-state index in [1.165, 1.54) is 0 Å². The third kappa shape index (κ3) is 5.67. The van der Waals surface area contributed by atoms with Gasteiger partial charge in [-0.25, -0.2) is 4.98 Å². The summed E-state index contributed by atoms with van der Waals surface area (Å²) in [4.78, 5) is 12.8. The normalized spacial score (nSPS) is 10.9. The highest BCUT2D eigenvalue weighted by Crippen LogP contribution is 2.37. The molecule has 150 valence electrons. The van der Waals surface area contributed by atoms with Crippen molar-refractivity contribution in [2.75, 3.05) is 6.54 Å². The largest absolute Gasteiger partial charge is 0.318 e. The van der Waals surface area contributed by atoms with Gasteiger partial charge in [-0.15, -0.1) is 0 Å². The van der Waals surface area contributed by atoms with Crippen molar-refractivity contribution in [2.45, 2.75) is 42.7 Å². The van der Waals surface area contributed by atoms with E-state index in [4.69, 9.17) is 33.7 Å². The van der Waals surface area contributed by atoms with E-state index in [1.54, 1.807) is 30.2 Å². The van der Waals surface area contributed by atoms with Crippen LogP contribution in [0.4, 0.5) is 0 Å². The number of azide groups is 1. The molecule has 1 aromatic carbocycles. The van der Waals surface area contributed by atoms with E-state index >= 15 is 0 Å². The lowest BCUT2D eigenvalue weighted by atomic mass is 10.1. The fraction of sp³-hybridized carbons (Fsp3) is 0.300. The van der Waals surface area contributed by atoms with E-state index in [0.717, 1.165) is 27.0 Å². The van der Waals surface area contributed by atoms with E-state index in [0.29, 0.717) is 29.6 Å². The van der Waals surface area contributed by atoms with Crippen LogP contribution in [0, 0.1) is 0 Å². The molecular formula is C20H20Cl2N6S. The third-order valence-corrected chi connectivity index (χ3v) is 5.74. The summed E-state index contributed by atoms with van der Waals surface area (Å²) >= 11 is 14.0. The molecule has 0 fully saturated rings. The first-order chi connectivity index (χ1) is 14.0. The summed E-state index contributed by atoms with van der Waals surface area (Å²) in [6.07, 6.45) is 4.11. The maximum absolute atomic E-state index is 8.64. The Morgan fingerprint density at radius 3 is 2.48 bits per heavy atom. The van der Waals surface area contributed by atoms with Crippen molar-refractivity contribution in [3.8, 4) is 0 Å². The Morgan fingerprint density at radius 1 is 1.17 bits per heavy atom. The summed E-state index contributed by atoms with van der Waals surface area (Å²) in [5.41, 5.74) is 10.7. The maximum Gasteiger partial charge on any atom is 0.110 e. The smallest absolute Gasteiger partial charge is 0.110 e. The van der Waals surface area contributed by atoms with Crippen molar-refractivity contribution in [1.29, 1.82) is 0 Å². The SMILES string of the molecule is CC(C)c1nc(CCN=[N+]=[N-])n(Cc2ccncc2)c1Sc1cc(Cl)cc(Cl)c1. The Morgan fingerprint density at radius 2 is 1.86 bits per heavy atom. The lowest BCUT2D eigenvalue weighted by Gasteiger charge is -2.14. The molecule has 0 spiro atoms. The first kappa shape index (κ1) is 21.5. The van der Waals surface area contributed by atoms with Crippen LogP contribution in [-0.4, -0.2) is 21.1 Å². The molecule has 2 heterocycles. The molecule has 0 saturated heterocycles. The lowest BCUT2D eigenvalue weighted by Crippen LogP contribution is -2.08. The number of rotatable bonds is 8. The molecule has 3 rings (SSSR count). The summed E-state index contributed by atoms with van der Waals surface area (Å²) in [7, 11) is 0. The van der Waals surface area contributed by atoms with Crippen LogP contribution in [0.25, 0.3) is 10.4 Å². The van der Waals surface area contributed by atoms with Gasteiger partial charge in [-0.3, -0.25) is 4.98 Å². The molecular weight excluding hydrogens is 427 g/mol. The molecule has 29 heavy (non-hydrogen) atoms. The molecule has 0 aliphatic rings. The predicted octanol–water partition coefficient (Wildman–Crippen LogP) is 6.76. The zero-order valence-corrected chi connectivity index (χ0v) is 18.4. The quantitative estimate of drug-likeness (QED) is 0.217. The Hall–Kier alpha value is -2.18. The molecule has 0 amide bonds. The number of imidazole rings is 1. The second-order valence-electron chi connectivity index (χ2n) is 6.73. The summed E-state index contributed by atoms with van der Waals surface area (Å²) in [5.74, 6) is 1.11. The number of hydrogen-bond donors (Lipinski definition) is 0. The monoisotopic (exact) mass is 446 g/mol. The number of benzene rings is 1. The molecule has 0 N–H and O–H groups in total. The average Bonchev–Trinajstić information content (AvgIpc) is 3.00. The second-order valence-corrected chi connectivity index (χ2v) is 8.66. The van der Waals surface area contributed by atoms with Crippen molar-refractivity contribution in [1.82, 2.24) is 14.5 Å². The van der Waals surface area contributed by atoms with Crippen LogP contribution in [0.15, 0.2) is 57.8 Å². The number of nitrogens with zero attached hydrogens (tertiary/aromatic N) is 6. The van der Waals surface area contributed by atoms with Gasteiger partial charge in [0.15, 0.2) is 0 Å². The summed E-state index contributed by atoms with van der Waals surface area (Å²) in [5, 5.41) is 5.90. The van der Waals surface area contributed by atoms with Crippen LogP contribution in [0.1, 0.15) is 36.8 Å². The van der Waals surface area contributed by atoms with E-state index in [2.05, 4.69) is 33.4 Å². The predicted molar refractivity (Wildman–Crippen MR) is 118 cm³/mol. The molecule has 3 aromatic rings. The maximum atomic E-state index is 8.64. The van der Waals surface area contributed by atoms with E-state index < -0.39 is 0 Å². The van der Waals surface area contributed by atoms with Gasteiger partial charge in [0.25, 0.3) is 0 Å². The van der Waals surface area contributed by atoms with Gasteiger partial charge in [0, 0.05) is 51.8 Å². The third-order valence-electron chi connectivity index (χ3n) is 4.21. The van der Waals surface area contributed by atoms with Crippen LogP contribution in [0.2, 0.25) is 10.0 Å². The Kier molecular flexibility index (Phi) is 7.45. The second kappa shape index (κ2) is 10.0. The first-order valence-electron chi connectivity index (χ1n) is 9.11. The summed E-state index contributed by atoms with van der Waals surface area (Å²) in [6.45, 7) is 5.23. The van der Waals surface area contributed by atoms with Gasteiger partial charge in [-0.05, 0) is 47.3 Å². The molecule has 0 saturated carbocycles. The molecule has 9 heteroatoms. The number of pyridine rings is 1. The minimum Gasteiger partial charge on any atom is -0.318 e. The zero-order chi connectivity index (χ0) is 20.8. The molecule has 0 bridgehead atoms. The molecule has 0 aliphatic heterocycles. The van der Waals surface area contributed by atoms with Crippen LogP contribution in [-0.2, 0) is 13.0 Å². The molecule has 2 aromatic heterocycles. The van der Waals surface area contributed by atoms with Gasteiger partial charge in [0.2, 0.25) is 0 Å². The number of halogens is 2. The Bertz CT molecular complexity index is 1010. The van der Waals surface area contributed by atoms with Gasteiger partial charge in [0.05, 0.1) is 5.69 Å². The van der Waals surface area contributed by atoms with E-state index in [9.17, 15) is 0 Å². The Balaban J connectivity index is 2.07. The number of hydrogen-bond acceptors (Lipinski definition) is 4. The van der Waals surface area contributed by atoms with Crippen LogP contribution in [0.3, 0.4) is 0 Å². The minimum atomic E-state index is 0.226. The zero-order valence-electron chi connectivity index (χ0n) is 16.1. The van der Waals surface area contributed by atoms with Gasteiger partial charge in [0.1, 0.15) is 10.9 Å². The topological polar surface area (TPSA) is 79.5 Å². The van der Waals surface area contributed by atoms with Gasteiger partial charge >= 0.3 is 0 Å². The van der Waals surface area contributed by atoms with Crippen molar-refractivity contribution in [3.05, 3.63) is 80.3 Å². The van der Waals surface area contributed by atoms with E-state index in [-0.39, 0.29) is 5.92 Å². The van der Waals surface area contributed by atoms with Gasteiger partial charge in [-0.1, -0.05) is 53.9 Å². The van der Waals surface area contributed by atoms with Crippen molar-refractivity contribution >= 4 is 35.0 Å².